The molecule has 1 aromatic carbocycles. The monoisotopic (exact) mass is 354 g/mol. The lowest BCUT2D eigenvalue weighted by Gasteiger charge is -2.44. The number of carboxylic acid groups (broad SMARTS) is 1. The van der Waals surface area contributed by atoms with Crippen molar-refractivity contribution in [2.45, 2.75) is 31.5 Å². The van der Waals surface area contributed by atoms with E-state index in [-0.39, 0.29) is 12.2 Å². The highest BCUT2D eigenvalue weighted by Gasteiger charge is 2.53. The summed E-state index contributed by atoms with van der Waals surface area (Å²) in [5.74, 6) is -4.04. The van der Waals surface area contributed by atoms with Gasteiger partial charge in [0.25, 0.3) is 5.91 Å². The zero-order valence-corrected chi connectivity index (χ0v) is 13.9. The lowest BCUT2D eigenvalue weighted by Crippen LogP contribution is -2.58. The topological polar surface area (TPSA) is 70.1 Å². The molecule has 2 aliphatic rings. The predicted octanol–water partition coefficient (Wildman–Crippen LogP) is 1.70. The minimum absolute atomic E-state index is 0.0899. The molecule has 1 N–H and O–H groups in total. The molecule has 8 heteroatoms. The van der Waals surface area contributed by atoms with Crippen LogP contribution in [0.15, 0.2) is 18.2 Å². The molecule has 1 atom stereocenters. The van der Waals surface area contributed by atoms with Crippen LogP contribution in [0.1, 0.15) is 30.1 Å². The highest BCUT2D eigenvalue weighted by molar-refractivity contribution is 5.97. The first-order valence-corrected chi connectivity index (χ1v) is 8.26. The number of hydrogen-bond acceptors (Lipinski definition) is 4. The second-order valence-electron chi connectivity index (χ2n) is 6.35. The molecular formula is C17H20F2N2O4. The third kappa shape index (κ3) is 3.11. The van der Waals surface area contributed by atoms with Crippen molar-refractivity contribution >= 4 is 11.9 Å². The van der Waals surface area contributed by atoms with Crippen molar-refractivity contribution in [2.75, 3.05) is 26.2 Å². The van der Waals surface area contributed by atoms with Crippen molar-refractivity contribution in [3.8, 4) is 0 Å². The Morgan fingerprint density at radius 3 is 2.52 bits per heavy atom. The molecule has 2 heterocycles. The molecule has 1 spiro atoms. The highest BCUT2D eigenvalue weighted by Crippen LogP contribution is 2.38. The number of likely N-dealkylation sites (tertiary alicyclic amines) is 1. The van der Waals surface area contributed by atoms with Gasteiger partial charge in [-0.25, -0.2) is 13.6 Å². The fraction of sp³-hybridized carbons (Fsp3) is 0.529. The van der Waals surface area contributed by atoms with E-state index in [1.54, 1.807) is 0 Å². The molecule has 2 saturated heterocycles. The predicted molar refractivity (Wildman–Crippen MR) is 84.0 cm³/mol. The van der Waals surface area contributed by atoms with Crippen LogP contribution in [0.5, 0.6) is 0 Å². The van der Waals surface area contributed by atoms with Gasteiger partial charge in [-0.1, -0.05) is 6.92 Å². The van der Waals surface area contributed by atoms with Crippen LogP contribution < -0.4 is 0 Å². The molecule has 2 fully saturated rings. The van der Waals surface area contributed by atoms with Crippen LogP contribution in [0.2, 0.25) is 0 Å². The number of ether oxygens (including phenoxy) is 1. The summed E-state index contributed by atoms with van der Waals surface area (Å²) in [5, 5.41) is 9.47. The lowest BCUT2D eigenvalue weighted by atomic mass is 9.96. The number of carbonyl (C=O) groups excluding carboxylic acids is 1. The van der Waals surface area contributed by atoms with Crippen LogP contribution in [0.4, 0.5) is 8.78 Å². The molecule has 1 amide bonds. The van der Waals surface area contributed by atoms with Gasteiger partial charge in [0.2, 0.25) is 0 Å². The Balaban J connectivity index is 1.93. The van der Waals surface area contributed by atoms with E-state index < -0.39 is 35.3 Å². The third-order valence-electron chi connectivity index (χ3n) is 5.02. The second-order valence-corrected chi connectivity index (χ2v) is 6.35. The Hall–Kier alpha value is -2.06. The molecule has 2 aliphatic heterocycles. The van der Waals surface area contributed by atoms with Gasteiger partial charge in [-0.15, -0.1) is 0 Å². The highest BCUT2D eigenvalue weighted by atomic mass is 19.2. The van der Waals surface area contributed by atoms with Crippen molar-refractivity contribution < 1.29 is 28.2 Å². The zero-order chi connectivity index (χ0) is 18.2. The maximum absolute atomic E-state index is 13.5. The fourth-order valence-corrected chi connectivity index (χ4v) is 3.54. The molecule has 3 rings (SSSR count). The number of halogens is 2. The molecule has 6 nitrogen and oxygen atoms in total. The number of piperidine rings is 1. The summed E-state index contributed by atoms with van der Waals surface area (Å²) < 4.78 is 32.5. The van der Waals surface area contributed by atoms with Crippen molar-refractivity contribution in [1.82, 2.24) is 9.80 Å². The standard InChI is InChI=1S/C17H20F2N2O4/c1-2-20-7-5-17(6-8-20)21(14(10-25-17)16(23)24)15(22)11-3-4-12(18)13(19)9-11/h3-4,9,14H,2,5-8,10H2,1H3,(H,23,24). The Bertz CT molecular complexity index is 689. The van der Waals surface area contributed by atoms with Crippen LogP contribution >= 0.6 is 0 Å². The minimum atomic E-state index is -1.18. The van der Waals surface area contributed by atoms with Gasteiger partial charge < -0.3 is 14.7 Å². The van der Waals surface area contributed by atoms with E-state index in [0.717, 1.165) is 24.7 Å². The number of aliphatic carboxylic acids is 1. The summed E-state index contributed by atoms with van der Waals surface area (Å²) >= 11 is 0. The second kappa shape index (κ2) is 6.68. The number of amides is 1. The number of nitrogens with zero attached hydrogens (tertiary/aromatic N) is 2. The van der Waals surface area contributed by atoms with Crippen molar-refractivity contribution in [3.05, 3.63) is 35.4 Å². The summed E-state index contributed by atoms with van der Waals surface area (Å²) in [6.07, 6.45) is 0.945. The molecule has 0 aliphatic carbocycles. The summed E-state index contributed by atoms with van der Waals surface area (Å²) in [4.78, 5) is 27.9. The average Bonchev–Trinajstić information content (AvgIpc) is 2.96. The molecular weight excluding hydrogens is 334 g/mol. The van der Waals surface area contributed by atoms with E-state index >= 15 is 0 Å². The van der Waals surface area contributed by atoms with E-state index in [9.17, 15) is 23.5 Å². The van der Waals surface area contributed by atoms with Gasteiger partial charge in [0.1, 0.15) is 5.72 Å². The van der Waals surface area contributed by atoms with Gasteiger partial charge in [-0.2, -0.15) is 0 Å². The van der Waals surface area contributed by atoms with Gasteiger partial charge >= 0.3 is 5.97 Å². The molecule has 1 unspecified atom stereocenters. The Morgan fingerprint density at radius 2 is 1.96 bits per heavy atom. The van der Waals surface area contributed by atoms with E-state index in [1.165, 1.54) is 4.90 Å². The van der Waals surface area contributed by atoms with E-state index in [2.05, 4.69) is 4.90 Å². The maximum atomic E-state index is 13.5. The minimum Gasteiger partial charge on any atom is -0.480 e. The van der Waals surface area contributed by atoms with Crippen molar-refractivity contribution in [3.63, 3.8) is 0 Å². The normalized spacial score (nSPS) is 23.2. The van der Waals surface area contributed by atoms with Crippen LogP contribution in [0.25, 0.3) is 0 Å². The van der Waals surface area contributed by atoms with E-state index in [4.69, 9.17) is 4.74 Å². The molecule has 0 saturated carbocycles. The SMILES string of the molecule is CCN1CCC2(CC1)OCC(C(=O)O)N2C(=O)c1ccc(F)c(F)c1. The number of carboxylic acids is 1. The maximum Gasteiger partial charge on any atom is 0.328 e. The molecule has 0 aromatic heterocycles. The molecule has 0 bridgehead atoms. The zero-order valence-electron chi connectivity index (χ0n) is 13.9. The van der Waals surface area contributed by atoms with Gasteiger partial charge in [-0.05, 0) is 24.7 Å². The molecule has 0 radical (unpaired) electrons. The van der Waals surface area contributed by atoms with Crippen LogP contribution in [-0.4, -0.2) is 64.8 Å². The number of benzene rings is 1. The largest absolute Gasteiger partial charge is 0.480 e. The van der Waals surface area contributed by atoms with E-state index in [1.807, 2.05) is 6.92 Å². The Morgan fingerprint density at radius 1 is 1.28 bits per heavy atom. The van der Waals surface area contributed by atoms with E-state index in [0.29, 0.717) is 25.9 Å². The van der Waals surface area contributed by atoms with Gasteiger partial charge in [0.05, 0.1) is 6.61 Å². The first-order chi connectivity index (χ1) is 11.9. The molecule has 136 valence electrons. The quantitative estimate of drug-likeness (QED) is 0.895. The smallest absolute Gasteiger partial charge is 0.328 e. The fourth-order valence-electron chi connectivity index (χ4n) is 3.54. The van der Waals surface area contributed by atoms with Crippen molar-refractivity contribution in [1.29, 1.82) is 0 Å². The number of carbonyl (C=O) groups is 2. The van der Waals surface area contributed by atoms with Crippen LogP contribution in [-0.2, 0) is 9.53 Å². The van der Waals surface area contributed by atoms with Crippen LogP contribution in [0.3, 0.4) is 0 Å². The van der Waals surface area contributed by atoms with Gasteiger partial charge in [0, 0.05) is 31.5 Å². The molecule has 1 aromatic rings. The van der Waals surface area contributed by atoms with Crippen molar-refractivity contribution in [2.24, 2.45) is 0 Å². The summed E-state index contributed by atoms with van der Waals surface area (Å²) in [6, 6.07) is 1.67. The van der Waals surface area contributed by atoms with Gasteiger partial charge in [0.15, 0.2) is 17.7 Å². The first-order valence-electron chi connectivity index (χ1n) is 8.26. The third-order valence-corrected chi connectivity index (χ3v) is 5.02. The summed E-state index contributed by atoms with van der Waals surface area (Å²) in [5.41, 5.74) is -1.11. The van der Waals surface area contributed by atoms with Crippen LogP contribution in [0, 0.1) is 11.6 Å². The van der Waals surface area contributed by atoms with Gasteiger partial charge in [-0.3, -0.25) is 9.69 Å². The molecule has 25 heavy (non-hydrogen) atoms. The lowest BCUT2D eigenvalue weighted by molar-refractivity contribution is -0.143. The Kier molecular flexibility index (Phi) is 4.75. The average molecular weight is 354 g/mol. The summed E-state index contributed by atoms with van der Waals surface area (Å²) in [6.45, 7) is 4.11. The Labute approximate surface area is 144 Å². The first kappa shape index (κ1) is 17.8. The summed E-state index contributed by atoms with van der Waals surface area (Å²) in [7, 11) is 0. The number of rotatable bonds is 3. The number of hydrogen-bond donors (Lipinski definition) is 1.